The van der Waals surface area contributed by atoms with Crippen molar-refractivity contribution < 1.29 is 4.74 Å². The van der Waals surface area contributed by atoms with Crippen LogP contribution in [0.5, 0.6) is 5.88 Å². The Morgan fingerprint density at radius 3 is 2.61 bits per heavy atom. The number of aryl methyl sites for hydroxylation is 1. The fraction of sp³-hybridized carbons (Fsp3) is 0.333. The molecule has 94 valence electrons. The number of aromatic nitrogens is 2. The average Bonchev–Trinajstić information content (AvgIpc) is 2.37. The summed E-state index contributed by atoms with van der Waals surface area (Å²) in [4.78, 5) is 8.88. The maximum Gasteiger partial charge on any atom is 0.216 e. The lowest BCUT2D eigenvalue weighted by atomic mass is 10.1. The molecule has 3 heteroatoms. The fourth-order valence-corrected chi connectivity index (χ4v) is 1.74. The van der Waals surface area contributed by atoms with Crippen molar-refractivity contribution in [2.45, 2.75) is 26.7 Å². The third-order valence-corrected chi connectivity index (χ3v) is 2.54. The molecule has 1 aromatic carbocycles. The van der Waals surface area contributed by atoms with Gasteiger partial charge in [-0.1, -0.05) is 37.3 Å². The fourth-order valence-electron chi connectivity index (χ4n) is 1.74. The topological polar surface area (TPSA) is 35.0 Å². The van der Waals surface area contributed by atoms with E-state index in [1.54, 1.807) is 0 Å². The number of benzene rings is 1. The molecule has 0 saturated heterocycles. The van der Waals surface area contributed by atoms with Crippen LogP contribution in [0.25, 0.3) is 0 Å². The van der Waals surface area contributed by atoms with E-state index in [4.69, 9.17) is 4.74 Å². The summed E-state index contributed by atoms with van der Waals surface area (Å²) >= 11 is 0. The van der Waals surface area contributed by atoms with Crippen molar-refractivity contribution in [1.29, 1.82) is 0 Å². The summed E-state index contributed by atoms with van der Waals surface area (Å²) in [6.07, 6.45) is 1.72. The van der Waals surface area contributed by atoms with Crippen LogP contribution in [0.15, 0.2) is 36.4 Å². The largest absolute Gasteiger partial charge is 0.478 e. The summed E-state index contributed by atoms with van der Waals surface area (Å²) in [6.45, 7) is 4.75. The Labute approximate surface area is 108 Å². The molecule has 0 saturated carbocycles. The van der Waals surface area contributed by atoms with Crippen molar-refractivity contribution in [2.24, 2.45) is 0 Å². The predicted molar refractivity (Wildman–Crippen MR) is 71.8 cm³/mol. The van der Waals surface area contributed by atoms with Gasteiger partial charge in [0, 0.05) is 18.2 Å². The van der Waals surface area contributed by atoms with E-state index in [2.05, 4.69) is 29.0 Å². The van der Waals surface area contributed by atoms with Gasteiger partial charge in [-0.15, -0.1) is 0 Å². The van der Waals surface area contributed by atoms with Gasteiger partial charge in [0.2, 0.25) is 5.88 Å². The number of rotatable bonds is 5. The van der Waals surface area contributed by atoms with Gasteiger partial charge in [-0.25, -0.2) is 4.98 Å². The second-order valence-electron chi connectivity index (χ2n) is 4.27. The predicted octanol–water partition coefficient (Wildman–Crippen LogP) is 3.16. The Bertz CT molecular complexity index is 497. The van der Waals surface area contributed by atoms with Gasteiger partial charge in [-0.2, -0.15) is 4.98 Å². The molecule has 3 nitrogen and oxygen atoms in total. The second kappa shape index (κ2) is 6.15. The first kappa shape index (κ1) is 12.6. The Balaban J connectivity index is 2.15. The molecular weight excluding hydrogens is 224 g/mol. The minimum Gasteiger partial charge on any atom is -0.478 e. The minimum atomic E-state index is 0.676. The average molecular weight is 242 g/mol. The Hall–Kier alpha value is -1.90. The smallest absolute Gasteiger partial charge is 0.216 e. The van der Waals surface area contributed by atoms with Crippen LogP contribution in [0.3, 0.4) is 0 Å². The molecule has 18 heavy (non-hydrogen) atoms. The molecule has 0 bridgehead atoms. The number of nitrogens with zero attached hydrogens (tertiary/aromatic N) is 2. The van der Waals surface area contributed by atoms with E-state index in [-0.39, 0.29) is 0 Å². The summed E-state index contributed by atoms with van der Waals surface area (Å²) < 4.78 is 5.56. The van der Waals surface area contributed by atoms with Crippen molar-refractivity contribution in [3.05, 3.63) is 53.5 Å². The maximum absolute atomic E-state index is 5.56. The zero-order valence-electron chi connectivity index (χ0n) is 10.9. The first-order chi connectivity index (χ1) is 8.78. The van der Waals surface area contributed by atoms with E-state index in [1.807, 2.05) is 31.2 Å². The molecule has 0 N–H and O–H groups in total. The highest BCUT2D eigenvalue weighted by atomic mass is 16.5. The van der Waals surface area contributed by atoms with Crippen molar-refractivity contribution in [3.63, 3.8) is 0 Å². The third kappa shape index (κ3) is 3.55. The molecule has 0 aliphatic carbocycles. The molecule has 0 unspecified atom stereocenters. The van der Waals surface area contributed by atoms with Gasteiger partial charge in [-0.05, 0) is 18.9 Å². The normalized spacial score (nSPS) is 10.3. The monoisotopic (exact) mass is 242 g/mol. The molecule has 0 amide bonds. The van der Waals surface area contributed by atoms with Gasteiger partial charge < -0.3 is 4.74 Å². The van der Waals surface area contributed by atoms with E-state index < -0.39 is 0 Å². The summed E-state index contributed by atoms with van der Waals surface area (Å²) in [5, 5.41) is 0. The highest BCUT2D eigenvalue weighted by Crippen LogP contribution is 2.12. The van der Waals surface area contributed by atoms with Gasteiger partial charge in [0.15, 0.2) is 0 Å². The zero-order valence-corrected chi connectivity index (χ0v) is 10.9. The zero-order chi connectivity index (χ0) is 12.8. The number of hydrogen-bond acceptors (Lipinski definition) is 3. The molecule has 1 aromatic heterocycles. The summed E-state index contributed by atoms with van der Waals surface area (Å²) in [5.74, 6) is 1.49. The first-order valence-corrected chi connectivity index (χ1v) is 6.29. The van der Waals surface area contributed by atoms with Crippen molar-refractivity contribution in [3.8, 4) is 5.88 Å². The molecule has 1 heterocycles. The Kier molecular flexibility index (Phi) is 4.29. The lowest BCUT2D eigenvalue weighted by molar-refractivity contribution is 0.303. The Morgan fingerprint density at radius 2 is 1.89 bits per heavy atom. The molecule has 0 aliphatic rings. The van der Waals surface area contributed by atoms with E-state index >= 15 is 0 Å². The standard InChI is InChI=1S/C15H18N2O/c1-3-9-18-15-10-12(2)16-14(17-15)11-13-7-5-4-6-8-13/h4-8,10H,3,9,11H2,1-2H3. The van der Waals surface area contributed by atoms with Gasteiger partial charge in [0.05, 0.1) is 6.61 Å². The summed E-state index contributed by atoms with van der Waals surface area (Å²) in [5.41, 5.74) is 2.16. The third-order valence-electron chi connectivity index (χ3n) is 2.54. The molecule has 0 spiro atoms. The van der Waals surface area contributed by atoms with Gasteiger partial charge in [-0.3, -0.25) is 0 Å². The van der Waals surface area contributed by atoms with Crippen molar-refractivity contribution in [2.75, 3.05) is 6.61 Å². The van der Waals surface area contributed by atoms with Gasteiger partial charge >= 0.3 is 0 Å². The maximum atomic E-state index is 5.56. The van der Waals surface area contributed by atoms with Crippen LogP contribution in [0, 0.1) is 6.92 Å². The molecule has 0 radical (unpaired) electrons. The molecule has 0 aliphatic heterocycles. The molecular formula is C15H18N2O. The Morgan fingerprint density at radius 1 is 1.11 bits per heavy atom. The molecule has 2 aromatic rings. The molecule has 0 fully saturated rings. The molecule has 2 rings (SSSR count). The highest BCUT2D eigenvalue weighted by Gasteiger charge is 2.04. The van der Waals surface area contributed by atoms with Gasteiger partial charge in [0.1, 0.15) is 5.82 Å². The number of hydrogen-bond donors (Lipinski definition) is 0. The lowest BCUT2D eigenvalue weighted by Crippen LogP contribution is -2.03. The van der Waals surface area contributed by atoms with Crippen LogP contribution in [-0.2, 0) is 6.42 Å². The summed E-state index contributed by atoms with van der Waals surface area (Å²) in [6, 6.07) is 12.1. The van der Waals surface area contributed by atoms with Crippen LogP contribution in [0.1, 0.15) is 30.4 Å². The van der Waals surface area contributed by atoms with Crippen LogP contribution < -0.4 is 4.74 Å². The first-order valence-electron chi connectivity index (χ1n) is 6.29. The van der Waals surface area contributed by atoms with Gasteiger partial charge in [0.25, 0.3) is 0 Å². The van der Waals surface area contributed by atoms with Crippen LogP contribution in [0.2, 0.25) is 0 Å². The van der Waals surface area contributed by atoms with Crippen LogP contribution in [-0.4, -0.2) is 16.6 Å². The van der Waals surface area contributed by atoms with E-state index in [9.17, 15) is 0 Å². The minimum absolute atomic E-state index is 0.676. The van der Waals surface area contributed by atoms with E-state index in [0.717, 1.165) is 24.4 Å². The number of ether oxygens (including phenoxy) is 1. The van der Waals surface area contributed by atoms with E-state index in [1.165, 1.54) is 5.56 Å². The second-order valence-corrected chi connectivity index (χ2v) is 4.27. The van der Waals surface area contributed by atoms with E-state index in [0.29, 0.717) is 12.5 Å². The van der Waals surface area contributed by atoms with Crippen molar-refractivity contribution >= 4 is 0 Å². The van der Waals surface area contributed by atoms with Crippen molar-refractivity contribution in [1.82, 2.24) is 9.97 Å². The lowest BCUT2D eigenvalue weighted by Gasteiger charge is -2.07. The SMILES string of the molecule is CCCOc1cc(C)nc(Cc2ccccc2)n1. The summed E-state index contributed by atoms with van der Waals surface area (Å²) in [7, 11) is 0. The quantitative estimate of drug-likeness (QED) is 0.807. The van der Waals surface area contributed by atoms with Crippen LogP contribution in [0.4, 0.5) is 0 Å². The van der Waals surface area contributed by atoms with Crippen LogP contribution >= 0.6 is 0 Å². The molecule has 0 atom stereocenters. The highest BCUT2D eigenvalue weighted by molar-refractivity contribution is 5.22.